The van der Waals surface area contributed by atoms with Crippen molar-refractivity contribution in [3.63, 3.8) is 0 Å². The lowest BCUT2D eigenvalue weighted by atomic mass is 9.93. The molecule has 0 aromatic heterocycles. The van der Waals surface area contributed by atoms with Crippen LogP contribution in [0.1, 0.15) is 24.8 Å². The molecule has 1 atom stereocenters. The van der Waals surface area contributed by atoms with E-state index in [2.05, 4.69) is 5.32 Å². The molecule has 0 aliphatic carbocycles. The molecule has 1 unspecified atom stereocenters. The molecule has 1 N–H and O–H groups in total. The van der Waals surface area contributed by atoms with Crippen LogP contribution < -0.4 is 5.32 Å². The Bertz CT molecular complexity index is 304. The highest BCUT2D eigenvalue weighted by Gasteiger charge is 2.31. The second-order valence-corrected chi connectivity index (χ2v) is 4.10. The molecule has 2 nitrogen and oxygen atoms in total. The van der Waals surface area contributed by atoms with Crippen molar-refractivity contribution in [2.24, 2.45) is 0 Å². The molecule has 1 aliphatic rings. The van der Waals surface area contributed by atoms with Crippen LogP contribution in [-0.2, 0) is 5.72 Å². The van der Waals surface area contributed by atoms with Gasteiger partial charge in [-0.3, -0.25) is 0 Å². The van der Waals surface area contributed by atoms with Crippen molar-refractivity contribution < 1.29 is 5.11 Å². The lowest BCUT2D eigenvalue weighted by Gasteiger charge is -2.31. The fourth-order valence-corrected chi connectivity index (χ4v) is 1.90. The van der Waals surface area contributed by atoms with Crippen LogP contribution in [-0.4, -0.2) is 11.7 Å². The lowest BCUT2D eigenvalue weighted by molar-refractivity contribution is -0.0282. The predicted octanol–water partition coefficient (Wildman–Crippen LogP) is 2.27. The van der Waals surface area contributed by atoms with E-state index in [-0.39, 0.29) is 0 Å². The summed E-state index contributed by atoms with van der Waals surface area (Å²) in [4.78, 5) is 0. The Morgan fingerprint density at radius 3 is 2.50 bits per heavy atom. The van der Waals surface area contributed by atoms with E-state index in [0.29, 0.717) is 11.4 Å². The van der Waals surface area contributed by atoms with Crippen LogP contribution in [0.3, 0.4) is 0 Å². The van der Waals surface area contributed by atoms with Crippen LogP contribution in [0.15, 0.2) is 24.3 Å². The van der Waals surface area contributed by atoms with Crippen molar-refractivity contribution in [3.8, 4) is 0 Å². The first-order chi connectivity index (χ1) is 6.71. The number of hydrogen-bond donors (Lipinski definition) is 1. The Morgan fingerprint density at radius 2 is 1.93 bits per heavy atom. The maximum Gasteiger partial charge on any atom is 0.157 e. The summed E-state index contributed by atoms with van der Waals surface area (Å²) >= 11 is 5.78. The minimum absolute atomic E-state index is 0.688. The molecule has 0 amide bonds. The molecule has 1 aliphatic heterocycles. The Kier molecular flexibility index (Phi) is 2.77. The lowest BCUT2D eigenvalue weighted by Crippen LogP contribution is -2.40. The standard InChI is InChI=1S/C11H13ClNO/c12-10-5-3-9(4-6-10)11(14)7-1-2-8-13-11/h3-6,14H,1-2,7-8H2. The summed E-state index contributed by atoms with van der Waals surface area (Å²) in [6.07, 6.45) is 2.83. The number of piperidine rings is 1. The van der Waals surface area contributed by atoms with Gasteiger partial charge >= 0.3 is 0 Å². The molecule has 1 fully saturated rings. The van der Waals surface area contributed by atoms with Crippen LogP contribution >= 0.6 is 11.6 Å². The van der Waals surface area contributed by atoms with Gasteiger partial charge in [0, 0.05) is 11.6 Å². The van der Waals surface area contributed by atoms with Gasteiger partial charge in [0.25, 0.3) is 0 Å². The Morgan fingerprint density at radius 1 is 1.21 bits per heavy atom. The number of halogens is 1. The molecule has 0 spiro atoms. The van der Waals surface area contributed by atoms with E-state index in [4.69, 9.17) is 11.6 Å². The van der Waals surface area contributed by atoms with E-state index in [1.54, 1.807) is 12.1 Å². The van der Waals surface area contributed by atoms with Crippen molar-refractivity contribution in [1.82, 2.24) is 5.32 Å². The van der Waals surface area contributed by atoms with Crippen LogP contribution in [0, 0.1) is 0 Å². The summed E-state index contributed by atoms with van der Waals surface area (Å²) in [5, 5.41) is 15.2. The summed E-state index contributed by atoms with van der Waals surface area (Å²) in [5.74, 6) is 0. The maximum atomic E-state index is 10.2. The van der Waals surface area contributed by atoms with Crippen molar-refractivity contribution in [2.75, 3.05) is 6.54 Å². The Labute approximate surface area is 88.9 Å². The van der Waals surface area contributed by atoms with Gasteiger partial charge in [-0.05, 0) is 37.0 Å². The molecule has 2 rings (SSSR count). The molecular weight excluding hydrogens is 198 g/mol. The molecule has 1 aromatic rings. The van der Waals surface area contributed by atoms with Crippen LogP contribution in [0.25, 0.3) is 0 Å². The van der Waals surface area contributed by atoms with E-state index in [0.717, 1.165) is 24.9 Å². The highest BCUT2D eigenvalue weighted by molar-refractivity contribution is 6.30. The van der Waals surface area contributed by atoms with Crippen molar-refractivity contribution in [1.29, 1.82) is 0 Å². The first-order valence-corrected chi connectivity index (χ1v) is 5.26. The zero-order valence-electron chi connectivity index (χ0n) is 7.91. The maximum absolute atomic E-state index is 10.2. The first-order valence-electron chi connectivity index (χ1n) is 4.88. The number of nitrogens with zero attached hydrogens (tertiary/aromatic N) is 1. The first kappa shape index (κ1) is 9.97. The van der Waals surface area contributed by atoms with Crippen molar-refractivity contribution in [2.45, 2.75) is 25.0 Å². The summed E-state index contributed by atoms with van der Waals surface area (Å²) in [6, 6.07) is 7.27. The monoisotopic (exact) mass is 210 g/mol. The van der Waals surface area contributed by atoms with E-state index in [1.165, 1.54) is 0 Å². The van der Waals surface area contributed by atoms with E-state index in [9.17, 15) is 5.11 Å². The molecule has 1 saturated heterocycles. The van der Waals surface area contributed by atoms with E-state index >= 15 is 0 Å². The molecule has 3 heteroatoms. The smallest absolute Gasteiger partial charge is 0.157 e. The molecule has 1 radical (unpaired) electrons. The number of aliphatic hydroxyl groups is 1. The highest BCUT2D eigenvalue weighted by atomic mass is 35.5. The third kappa shape index (κ3) is 1.92. The van der Waals surface area contributed by atoms with Crippen LogP contribution in [0.2, 0.25) is 5.02 Å². The molecule has 1 aromatic carbocycles. The average Bonchev–Trinajstić information content (AvgIpc) is 2.19. The topological polar surface area (TPSA) is 34.3 Å². The van der Waals surface area contributed by atoms with E-state index < -0.39 is 5.72 Å². The van der Waals surface area contributed by atoms with Crippen molar-refractivity contribution in [3.05, 3.63) is 34.9 Å². The fourth-order valence-electron chi connectivity index (χ4n) is 1.78. The van der Waals surface area contributed by atoms with Gasteiger partial charge in [0.15, 0.2) is 5.72 Å². The molecule has 0 bridgehead atoms. The van der Waals surface area contributed by atoms with Gasteiger partial charge in [-0.1, -0.05) is 23.7 Å². The molecule has 14 heavy (non-hydrogen) atoms. The summed E-state index contributed by atoms with van der Waals surface area (Å²) in [5.41, 5.74) is -0.121. The normalized spacial score (nSPS) is 27.6. The Balaban J connectivity index is 2.23. The van der Waals surface area contributed by atoms with Gasteiger partial charge in [0.05, 0.1) is 0 Å². The average molecular weight is 211 g/mol. The third-order valence-corrected chi connectivity index (χ3v) is 2.87. The molecular formula is C11H13ClNO. The second kappa shape index (κ2) is 3.89. The predicted molar refractivity (Wildman–Crippen MR) is 56.2 cm³/mol. The van der Waals surface area contributed by atoms with Gasteiger partial charge in [-0.25, -0.2) is 5.32 Å². The second-order valence-electron chi connectivity index (χ2n) is 3.66. The summed E-state index contributed by atoms with van der Waals surface area (Å²) in [7, 11) is 0. The number of hydrogen-bond acceptors (Lipinski definition) is 1. The summed E-state index contributed by atoms with van der Waals surface area (Å²) < 4.78 is 0. The zero-order valence-corrected chi connectivity index (χ0v) is 8.67. The van der Waals surface area contributed by atoms with Gasteiger partial charge in [-0.2, -0.15) is 0 Å². The van der Waals surface area contributed by atoms with Crippen molar-refractivity contribution >= 4 is 11.6 Å². The SMILES string of the molecule is OC1(c2ccc(Cl)cc2)CCCC[N]1. The van der Waals surface area contributed by atoms with Gasteiger partial charge in [0.2, 0.25) is 0 Å². The van der Waals surface area contributed by atoms with Crippen LogP contribution in [0.4, 0.5) is 0 Å². The fraction of sp³-hybridized carbons (Fsp3) is 0.455. The minimum atomic E-state index is -0.969. The molecule has 1 heterocycles. The number of rotatable bonds is 1. The van der Waals surface area contributed by atoms with Gasteiger partial charge < -0.3 is 5.11 Å². The largest absolute Gasteiger partial charge is 0.370 e. The van der Waals surface area contributed by atoms with E-state index in [1.807, 2.05) is 12.1 Å². The highest BCUT2D eigenvalue weighted by Crippen LogP contribution is 2.29. The molecule has 75 valence electrons. The van der Waals surface area contributed by atoms with Crippen LogP contribution in [0.5, 0.6) is 0 Å². The molecule has 0 saturated carbocycles. The van der Waals surface area contributed by atoms with Gasteiger partial charge in [0.1, 0.15) is 0 Å². The quantitative estimate of drug-likeness (QED) is 0.758. The third-order valence-electron chi connectivity index (χ3n) is 2.61. The number of benzene rings is 1. The van der Waals surface area contributed by atoms with Gasteiger partial charge in [-0.15, -0.1) is 0 Å². The summed E-state index contributed by atoms with van der Waals surface area (Å²) in [6.45, 7) is 0.749. The minimum Gasteiger partial charge on any atom is -0.370 e. The zero-order chi connectivity index (χ0) is 10.0. The Hall–Kier alpha value is -0.570.